The number of anilines is 3. The molecule has 3 aliphatic heterocycles. The van der Waals surface area contributed by atoms with Crippen LogP contribution in [0.25, 0.3) is 0 Å². The summed E-state index contributed by atoms with van der Waals surface area (Å²) in [5, 5.41) is 13.3. The highest BCUT2D eigenvalue weighted by atomic mass is 19.4. The molecule has 2 bridgehead atoms. The Kier molecular flexibility index (Phi) is 5.45. The van der Waals surface area contributed by atoms with Gasteiger partial charge in [0.15, 0.2) is 12.5 Å². The van der Waals surface area contributed by atoms with Crippen molar-refractivity contribution in [2.45, 2.75) is 19.1 Å². The zero-order valence-corrected chi connectivity index (χ0v) is 16.8. The van der Waals surface area contributed by atoms with Crippen LogP contribution < -0.4 is 25.8 Å². The number of benzene rings is 1. The standard InChI is InChI=1S/C17H15FN6O2.C2HF3O2/c1-10-7-21-17(22-13-4-5-19-8-12(13)18)24(16(10)23-26-17)11-2-3-15-14(6-11)20-9-25-15;3-2(4,5)1(6)7/h2-8,20,23H,9H2,1H3,(H,19,22);(H,6,7). The van der Waals surface area contributed by atoms with E-state index in [2.05, 4.69) is 26.1 Å². The molecule has 1 aromatic heterocycles. The third-order valence-corrected chi connectivity index (χ3v) is 4.65. The highest BCUT2D eigenvalue weighted by Gasteiger charge is 2.50. The van der Waals surface area contributed by atoms with Crippen molar-refractivity contribution in [3.8, 4) is 5.75 Å². The quantitative estimate of drug-likeness (QED) is 0.504. The molecule has 3 aliphatic rings. The molecule has 0 amide bonds. The number of fused-ring (bicyclic) bond motifs is 3. The van der Waals surface area contributed by atoms with E-state index in [1.165, 1.54) is 12.3 Å². The van der Waals surface area contributed by atoms with Gasteiger partial charge in [0.1, 0.15) is 11.6 Å². The molecular formula is C19H16F4N6O4. The summed E-state index contributed by atoms with van der Waals surface area (Å²) < 4.78 is 51.4. The van der Waals surface area contributed by atoms with Crippen LogP contribution in [0.15, 0.2) is 53.0 Å². The van der Waals surface area contributed by atoms with Crippen molar-refractivity contribution >= 4 is 29.2 Å². The summed E-state index contributed by atoms with van der Waals surface area (Å²) in [6.45, 7) is 2.35. The van der Waals surface area contributed by atoms with Crippen molar-refractivity contribution in [3.05, 3.63) is 53.9 Å². The molecule has 4 N–H and O–H groups in total. The summed E-state index contributed by atoms with van der Waals surface area (Å²) in [7, 11) is 0. The lowest BCUT2D eigenvalue weighted by molar-refractivity contribution is -0.192. The minimum atomic E-state index is -5.08. The van der Waals surface area contributed by atoms with Gasteiger partial charge in [-0.15, -0.1) is 0 Å². The molecule has 5 rings (SSSR count). The molecule has 10 nitrogen and oxygen atoms in total. The van der Waals surface area contributed by atoms with Crippen molar-refractivity contribution in [1.82, 2.24) is 10.5 Å². The van der Waals surface area contributed by atoms with Gasteiger partial charge in [-0.1, -0.05) is 0 Å². The number of nitrogens with one attached hydrogen (secondary N) is 3. The van der Waals surface area contributed by atoms with Gasteiger partial charge in [0.25, 0.3) is 0 Å². The van der Waals surface area contributed by atoms with Crippen molar-refractivity contribution in [2.24, 2.45) is 4.99 Å². The monoisotopic (exact) mass is 468 g/mol. The lowest BCUT2D eigenvalue weighted by atomic mass is 10.2. The van der Waals surface area contributed by atoms with Crippen LogP contribution in [-0.4, -0.2) is 41.2 Å². The summed E-state index contributed by atoms with van der Waals surface area (Å²) in [6.07, 6.45) is -0.760. The first-order valence-corrected chi connectivity index (χ1v) is 9.29. The molecule has 33 heavy (non-hydrogen) atoms. The Labute approximate surface area is 183 Å². The average molecular weight is 468 g/mol. The fourth-order valence-electron chi connectivity index (χ4n) is 3.13. The number of aliphatic carboxylic acids is 1. The highest BCUT2D eigenvalue weighted by Crippen LogP contribution is 2.42. The summed E-state index contributed by atoms with van der Waals surface area (Å²) in [6, 6.07) is 7.24. The second-order valence-corrected chi connectivity index (χ2v) is 6.87. The first kappa shape index (κ1) is 22.1. The fraction of sp³-hybridized carbons (Fsp3) is 0.211. The largest absolute Gasteiger partial charge is 0.490 e. The third kappa shape index (κ3) is 4.19. The molecule has 1 fully saturated rings. The topological polar surface area (TPSA) is 120 Å². The SMILES string of the molecule is CC1=C2NOC(Nc3ccncc3F)(N=C1)N2c1ccc2c(c1)NCO2.O=C(O)C(F)(F)F. The van der Waals surface area contributed by atoms with Crippen LogP contribution in [0.3, 0.4) is 0 Å². The second-order valence-electron chi connectivity index (χ2n) is 6.87. The molecule has 0 aliphatic carbocycles. The van der Waals surface area contributed by atoms with E-state index in [1.807, 2.05) is 30.0 Å². The van der Waals surface area contributed by atoms with Crippen molar-refractivity contribution < 1.29 is 37.0 Å². The molecule has 1 atom stereocenters. The van der Waals surface area contributed by atoms with Gasteiger partial charge in [-0.05, 0) is 31.2 Å². The van der Waals surface area contributed by atoms with Gasteiger partial charge >= 0.3 is 18.1 Å². The lowest BCUT2D eigenvalue weighted by Crippen LogP contribution is -2.51. The van der Waals surface area contributed by atoms with Gasteiger partial charge < -0.3 is 20.5 Å². The molecule has 1 unspecified atom stereocenters. The third-order valence-electron chi connectivity index (χ3n) is 4.65. The van der Waals surface area contributed by atoms with E-state index >= 15 is 0 Å². The Hall–Kier alpha value is -4.07. The number of aromatic nitrogens is 1. The van der Waals surface area contributed by atoms with Gasteiger partial charge in [0, 0.05) is 18.0 Å². The minimum absolute atomic E-state index is 0.229. The van der Waals surface area contributed by atoms with E-state index in [0.29, 0.717) is 6.73 Å². The maximum absolute atomic E-state index is 14.1. The van der Waals surface area contributed by atoms with Crippen molar-refractivity contribution in [3.63, 3.8) is 0 Å². The molecule has 0 radical (unpaired) electrons. The number of ether oxygens (including phenoxy) is 1. The minimum Gasteiger partial charge on any atom is -0.475 e. The van der Waals surface area contributed by atoms with E-state index in [0.717, 1.165) is 34.7 Å². The Morgan fingerprint density at radius 1 is 1.33 bits per heavy atom. The molecule has 0 spiro atoms. The molecular weight excluding hydrogens is 452 g/mol. The fourth-order valence-corrected chi connectivity index (χ4v) is 3.13. The number of pyridine rings is 1. The zero-order valence-electron chi connectivity index (χ0n) is 16.8. The number of alkyl halides is 3. The Balaban J connectivity index is 0.000000325. The summed E-state index contributed by atoms with van der Waals surface area (Å²) in [5.41, 5.74) is 5.69. The number of carboxylic acids is 1. The molecule has 174 valence electrons. The number of carbonyl (C=O) groups is 1. The van der Waals surface area contributed by atoms with E-state index < -0.39 is 23.9 Å². The normalized spacial score (nSPS) is 20.2. The van der Waals surface area contributed by atoms with Gasteiger partial charge in [-0.2, -0.15) is 13.2 Å². The number of nitrogens with zero attached hydrogens (tertiary/aromatic N) is 3. The summed E-state index contributed by atoms with van der Waals surface area (Å²) >= 11 is 0. The predicted octanol–water partition coefficient (Wildman–Crippen LogP) is 3.00. The van der Waals surface area contributed by atoms with Gasteiger partial charge in [-0.25, -0.2) is 24.5 Å². The summed E-state index contributed by atoms with van der Waals surface area (Å²) in [5.74, 6) is -3.11. The molecule has 2 aromatic rings. The first-order valence-electron chi connectivity index (χ1n) is 9.29. The number of rotatable bonds is 3. The predicted molar refractivity (Wildman–Crippen MR) is 108 cm³/mol. The molecule has 14 heteroatoms. The summed E-state index contributed by atoms with van der Waals surface area (Å²) in [4.78, 5) is 24.8. The van der Waals surface area contributed by atoms with Crippen LogP contribution >= 0.6 is 0 Å². The van der Waals surface area contributed by atoms with Crippen molar-refractivity contribution in [1.29, 1.82) is 0 Å². The Bertz CT molecular complexity index is 1160. The zero-order chi connectivity index (χ0) is 23.8. The molecule has 0 saturated carbocycles. The highest BCUT2D eigenvalue weighted by molar-refractivity contribution is 5.85. The number of hydrogen-bond acceptors (Lipinski definition) is 9. The van der Waals surface area contributed by atoms with E-state index in [1.54, 1.807) is 6.21 Å². The number of carboxylic acid groups (broad SMARTS) is 1. The number of hydroxylamine groups is 1. The number of allylic oxidation sites excluding steroid dienone is 1. The van der Waals surface area contributed by atoms with Crippen molar-refractivity contribution in [2.75, 3.05) is 22.3 Å². The maximum atomic E-state index is 14.1. The van der Waals surface area contributed by atoms with Gasteiger partial charge in [-0.3, -0.25) is 9.88 Å². The van der Waals surface area contributed by atoms with Crippen LogP contribution in [-0.2, 0) is 9.63 Å². The van der Waals surface area contributed by atoms with Crippen LogP contribution in [0.5, 0.6) is 5.75 Å². The number of halogens is 4. The maximum Gasteiger partial charge on any atom is 0.490 e. The number of hydrogen-bond donors (Lipinski definition) is 4. The van der Waals surface area contributed by atoms with E-state index in [9.17, 15) is 17.6 Å². The van der Waals surface area contributed by atoms with E-state index in [4.69, 9.17) is 19.5 Å². The van der Waals surface area contributed by atoms with Crippen LogP contribution in [0, 0.1) is 5.82 Å². The van der Waals surface area contributed by atoms with Crippen LogP contribution in [0.2, 0.25) is 0 Å². The Morgan fingerprint density at radius 3 is 2.79 bits per heavy atom. The molecule has 4 heterocycles. The Morgan fingerprint density at radius 2 is 2.09 bits per heavy atom. The first-order chi connectivity index (χ1) is 15.6. The van der Waals surface area contributed by atoms with Gasteiger partial charge in [0.05, 0.1) is 23.3 Å². The van der Waals surface area contributed by atoms with Gasteiger partial charge in [0.2, 0.25) is 0 Å². The average Bonchev–Trinajstić information content (AvgIpc) is 3.34. The number of aliphatic imine (C=N–C) groups is 1. The lowest BCUT2D eigenvalue weighted by Gasteiger charge is -2.36. The molecule has 1 saturated heterocycles. The van der Waals surface area contributed by atoms with Crippen LogP contribution in [0.4, 0.5) is 34.6 Å². The smallest absolute Gasteiger partial charge is 0.475 e. The molecule has 1 aromatic carbocycles. The second kappa shape index (κ2) is 8.12. The van der Waals surface area contributed by atoms with E-state index in [-0.39, 0.29) is 5.69 Å². The van der Waals surface area contributed by atoms with Crippen LogP contribution in [0.1, 0.15) is 6.92 Å².